The van der Waals surface area contributed by atoms with Gasteiger partial charge in [-0.2, -0.15) is 5.53 Å². The van der Waals surface area contributed by atoms with Gasteiger partial charge >= 0.3 is 0 Å². The maximum absolute atomic E-state index is 14.3. The second kappa shape index (κ2) is 10.9. The van der Waals surface area contributed by atoms with Crippen LogP contribution in [0.15, 0.2) is 48.7 Å². The number of carbonyl (C=O) groups excluding carboxylic acids is 2. The van der Waals surface area contributed by atoms with E-state index in [0.717, 1.165) is 22.1 Å². The van der Waals surface area contributed by atoms with Crippen molar-refractivity contribution in [2.45, 2.75) is 44.4 Å². The molecular formula is C23H31FN7O2+. The number of alkyl halides is 1. The molecule has 10 heteroatoms. The highest BCUT2D eigenvalue weighted by molar-refractivity contribution is 5.89. The monoisotopic (exact) mass is 456 g/mol. The van der Waals surface area contributed by atoms with Crippen LogP contribution in [0.4, 0.5) is 4.39 Å². The van der Waals surface area contributed by atoms with Gasteiger partial charge in [0, 0.05) is 12.6 Å². The van der Waals surface area contributed by atoms with Crippen LogP contribution in [0.3, 0.4) is 0 Å². The van der Waals surface area contributed by atoms with Gasteiger partial charge in [0.1, 0.15) is 12.2 Å². The number of nitrogens with one attached hydrogen (secondary N) is 2. The third-order valence-electron chi connectivity index (χ3n) is 5.72. The van der Waals surface area contributed by atoms with Gasteiger partial charge in [-0.15, -0.1) is 4.68 Å². The number of benzene rings is 1. The number of nitrogens with two attached hydrogens (primary N) is 2. The van der Waals surface area contributed by atoms with E-state index in [1.165, 1.54) is 4.90 Å². The topological polar surface area (TPSA) is 129 Å². The van der Waals surface area contributed by atoms with Gasteiger partial charge in [-0.3, -0.25) is 20.3 Å². The zero-order valence-corrected chi connectivity index (χ0v) is 18.8. The van der Waals surface area contributed by atoms with E-state index in [9.17, 15) is 14.0 Å². The molecule has 2 amide bonds. The van der Waals surface area contributed by atoms with Crippen LogP contribution in [0.5, 0.6) is 0 Å². The largest absolute Gasteiger partial charge is 0.342 e. The molecule has 33 heavy (non-hydrogen) atoms. The van der Waals surface area contributed by atoms with Crippen molar-refractivity contribution < 1.29 is 18.7 Å². The lowest BCUT2D eigenvalue weighted by Crippen LogP contribution is -2.51. The summed E-state index contributed by atoms with van der Waals surface area (Å²) in [6.07, 6.45) is 1.50. The van der Waals surface area contributed by atoms with E-state index in [1.54, 1.807) is 6.20 Å². The molecule has 0 spiro atoms. The lowest BCUT2D eigenvalue weighted by Gasteiger charge is -2.26. The molecule has 3 rings (SSSR count). The Kier molecular flexibility index (Phi) is 7.94. The fourth-order valence-electron chi connectivity index (χ4n) is 3.83. The predicted octanol–water partition coefficient (Wildman–Crippen LogP) is 0.727. The highest BCUT2D eigenvalue weighted by Crippen LogP contribution is 2.25. The quantitative estimate of drug-likeness (QED) is 0.152. The number of carbonyl (C=O) groups is 2. The predicted molar refractivity (Wildman–Crippen MR) is 122 cm³/mol. The first-order chi connectivity index (χ1) is 15.8. The Morgan fingerprint density at radius 2 is 1.97 bits per heavy atom. The van der Waals surface area contributed by atoms with Gasteiger partial charge in [0.05, 0.1) is 18.3 Å². The maximum atomic E-state index is 14.3. The minimum atomic E-state index is -1.30. The minimum Gasteiger partial charge on any atom is -0.342 e. The molecule has 2 heterocycles. The Hall–Kier alpha value is -3.53. The third-order valence-corrected chi connectivity index (χ3v) is 5.72. The SMILES string of the molecule is CC(C)c1ccc([C@@H](NC(=O)[C@@H]2C[C@@H](F)CN2C(=O)C/[N+](=C/N)NN)c2ccccc2)nc1. The van der Waals surface area contributed by atoms with Gasteiger partial charge in [-0.05, 0) is 23.1 Å². The van der Waals surface area contributed by atoms with Crippen molar-refractivity contribution in [2.24, 2.45) is 11.6 Å². The summed E-state index contributed by atoms with van der Waals surface area (Å²) in [5.41, 5.74) is 10.2. The molecule has 1 fully saturated rings. The Labute approximate surface area is 192 Å². The van der Waals surface area contributed by atoms with Crippen molar-refractivity contribution in [1.82, 2.24) is 20.7 Å². The number of amides is 2. The molecular weight excluding hydrogens is 425 g/mol. The summed E-state index contributed by atoms with van der Waals surface area (Å²) in [5, 5.41) is 2.98. The Morgan fingerprint density at radius 3 is 2.55 bits per heavy atom. The Balaban J connectivity index is 1.84. The number of hydrazine groups is 2. The molecule has 1 aliphatic rings. The molecule has 0 aliphatic carbocycles. The van der Waals surface area contributed by atoms with E-state index < -0.39 is 30.1 Å². The maximum Gasteiger partial charge on any atom is 0.267 e. The fourth-order valence-corrected chi connectivity index (χ4v) is 3.83. The van der Waals surface area contributed by atoms with Crippen LogP contribution in [0.1, 0.15) is 49.0 Å². The molecule has 0 saturated carbocycles. The van der Waals surface area contributed by atoms with Crippen molar-refractivity contribution in [3.63, 3.8) is 0 Å². The van der Waals surface area contributed by atoms with Crippen LogP contribution < -0.4 is 22.4 Å². The second-order valence-corrected chi connectivity index (χ2v) is 8.32. The van der Waals surface area contributed by atoms with E-state index in [2.05, 4.69) is 29.7 Å². The average Bonchev–Trinajstić information content (AvgIpc) is 3.23. The van der Waals surface area contributed by atoms with Crippen LogP contribution in [0, 0.1) is 0 Å². The zero-order valence-electron chi connectivity index (χ0n) is 18.8. The van der Waals surface area contributed by atoms with Crippen molar-refractivity contribution in [3.05, 3.63) is 65.5 Å². The molecule has 2 aromatic rings. The van der Waals surface area contributed by atoms with E-state index in [1.807, 2.05) is 42.5 Å². The average molecular weight is 457 g/mol. The highest BCUT2D eigenvalue weighted by atomic mass is 19.1. The van der Waals surface area contributed by atoms with Crippen LogP contribution in [-0.4, -0.2) is 58.0 Å². The van der Waals surface area contributed by atoms with Gasteiger partial charge < -0.3 is 10.2 Å². The van der Waals surface area contributed by atoms with Gasteiger partial charge in [-0.1, -0.05) is 50.2 Å². The molecule has 6 N–H and O–H groups in total. The molecule has 0 unspecified atom stereocenters. The van der Waals surface area contributed by atoms with Crippen LogP contribution in [-0.2, 0) is 9.59 Å². The number of aromatic nitrogens is 1. The highest BCUT2D eigenvalue weighted by Gasteiger charge is 2.41. The number of hydrogen-bond donors (Lipinski definition) is 4. The summed E-state index contributed by atoms with van der Waals surface area (Å²) in [6.45, 7) is 3.76. The molecule has 3 atom stereocenters. The van der Waals surface area contributed by atoms with Crippen molar-refractivity contribution in [2.75, 3.05) is 13.1 Å². The molecule has 1 aromatic heterocycles. The summed E-state index contributed by atoms with van der Waals surface area (Å²) in [5.74, 6) is 4.72. The van der Waals surface area contributed by atoms with Crippen molar-refractivity contribution in [1.29, 1.82) is 0 Å². The zero-order chi connectivity index (χ0) is 24.0. The van der Waals surface area contributed by atoms with E-state index in [4.69, 9.17) is 11.6 Å². The van der Waals surface area contributed by atoms with Crippen LogP contribution >= 0.6 is 0 Å². The number of likely N-dealkylation sites (tertiary alicyclic amines) is 1. The van der Waals surface area contributed by atoms with Crippen LogP contribution in [0.25, 0.3) is 0 Å². The second-order valence-electron chi connectivity index (χ2n) is 8.32. The first kappa shape index (κ1) is 24.1. The molecule has 1 saturated heterocycles. The third kappa shape index (κ3) is 5.83. The van der Waals surface area contributed by atoms with Gasteiger partial charge in [0.25, 0.3) is 12.2 Å². The number of pyridine rings is 1. The number of hydrazone groups is 1. The molecule has 9 nitrogen and oxygen atoms in total. The van der Waals surface area contributed by atoms with Crippen molar-refractivity contribution >= 4 is 18.2 Å². The lowest BCUT2D eigenvalue weighted by molar-refractivity contribution is -0.576. The molecule has 1 aromatic carbocycles. The molecule has 1 aliphatic heterocycles. The molecule has 176 valence electrons. The summed E-state index contributed by atoms with van der Waals surface area (Å²) in [7, 11) is 0. The van der Waals surface area contributed by atoms with E-state index in [-0.39, 0.29) is 19.5 Å². The first-order valence-corrected chi connectivity index (χ1v) is 10.9. The lowest BCUT2D eigenvalue weighted by atomic mass is 10.00. The van der Waals surface area contributed by atoms with Gasteiger partial charge in [-0.25, -0.2) is 10.2 Å². The van der Waals surface area contributed by atoms with Crippen molar-refractivity contribution in [3.8, 4) is 0 Å². The van der Waals surface area contributed by atoms with E-state index in [0.29, 0.717) is 11.6 Å². The van der Waals surface area contributed by atoms with Crippen LogP contribution in [0.2, 0.25) is 0 Å². The molecule has 0 radical (unpaired) electrons. The van der Waals surface area contributed by atoms with Gasteiger partial charge in [0.2, 0.25) is 5.91 Å². The Morgan fingerprint density at radius 1 is 1.24 bits per heavy atom. The summed E-state index contributed by atoms with van der Waals surface area (Å²) in [6, 6.07) is 11.8. The standard InChI is InChI=1S/C23H30FN7O2/c1-15(2)17-8-9-19(27-11-17)22(16-6-4-3-5-7-16)28-23(33)20-10-18(24)12-31(20)21(32)13-30(14-25)29-26/h3-9,11,14-15,18,20,22,25,29H,10,12-13,26H2,1-2H3,(H,28,33)/p+1/t18-,20+,22+/m1/s1. The molecule has 0 bridgehead atoms. The summed E-state index contributed by atoms with van der Waals surface area (Å²) < 4.78 is 15.4. The van der Waals surface area contributed by atoms with E-state index >= 15 is 0 Å². The smallest absolute Gasteiger partial charge is 0.267 e. The normalized spacial score (nSPS) is 19.4. The number of rotatable bonds is 8. The summed E-state index contributed by atoms with van der Waals surface area (Å²) >= 11 is 0. The number of halogens is 1. The number of nitrogens with zero attached hydrogens (tertiary/aromatic N) is 3. The minimum absolute atomic E-state index is 0.0822. The van der Waals surface area contributed by atoms with Gasteiger partial charge in [0.15, 0.2) is 6.54 Å². The number of hydrogen-bond acceptors (Lipinski definition) is 5. The first-order valence-electron chi connectivity index (χ1n) is 10.9. The fraction of sp³-hybridized carbons (Fsp3) is 0.391. The summed E-state index contributed by atoms with van der Waals surface area (Å²) in [4.78, 5) is 31.8. The Bertz CT molecular complexity index is 982.